The van der Waals surface area contributed by atoms with Gasteiger partial charge in [-0.3, -0.25) is 9.59 Å². The number of hydrogen-bond acceptors (Lipinski definition) is 5. The number of carbonyl (C=O) groups excluding carboxylic acids is 2. The summed E-state index contributed by atoms with van der Waals surface area (Å²) in [5.41, 5.74) is 0. The molecule has 2 atom stereocenters. The number of amides is 1. The summed E-state index contributed by atoms with van der Waals surface area (Å²) < 4.78 is 15.9. The molecule has 1 heterocycles. The van der Waals surface area contributed by atoms with Gasteiger partial charge in [0.1, 0.15) is 6.10 Å². The Kier molecular flexibility index (Phi) is 5.03. The molecular formula is C15H19NO5. The van der Waals surface area contributed by atoms with E-state index in [0.29, 0.717) is 24.5 Å². The van der Waals surface area contributed by atoms with E-state index in [2.05, 4.69) is 10.1 Å². The van der Waals surface area contributed by atoms with Gasteiger partial charge in [-0.2, -0.15) is 0 Å². The summed E-state index contributed by atoms with van der Waals surface area (Å²) in [6, 6.07) is 7.24. The van der Waals surface area contributed by atoms with Crippen molar-refractivity contribution >= 4 is 11.9 Å². The molecule has 1 aromatic carbocycles. The Morgan fingerprint density at radius 1 is 1.24 bits per heavy atom. The molecule has 1 aromatic rings. The SMILES string of the molecule is COC(=O)CCCNC(=O)C1Oc2ccccc2OC1C. The molecule has 21 heavy (non-hydrogen) atoms. The minimum atomic E-state index is -0.696. The zero-order valence-corrected chi connectivity index (χ0v) is 12.1. The van der Waals surface area contributed by atoms with Gasteiger partial charge in [0.25, 0.3) is 5.91 Å². The first kappa shape index (κ1) is 15.2. The standard InChI is InChI=1S/C15H19NO5/c1-10-14(15(18)16-9-5-8-13(17)19-2)21-12-7-4-3-6-11(12)20-10/h3-4,6-7,10,14H,5,8-9H2,1-2H3,(H,16,18). The van der Waals surface area contributed by atoms with E-state index in [4.69, 9.17) is 9.47 Å². The highest BCUT2D eigenvalue weighted by molar-refractivity contribution is 5.82. The van der Waals surface area contributed by atoms with Crippen LogP contribution in [0.5, 0.6) is 11.5 Å². The number of para-hydroxylation sites is 2. The first-order valence-corrected chi connectivity index (χ1v) is 6.88. The Bertz CT molecular complexity index is 517. The van der Waals surface area contributed by atoms with Crippen molar-refractivity contribution in [3.63, 3.8) is 0 Å². The van der Waals surface area contributed by atoms with Crippen molar-refractivity contribution in [3.8, 4) is 11.5 Å². The minimum Gasteiger partial charge on any atom is -0.482 e. The molecule has 2 rings (SSSR count). The van der Waals surface area contributed by atoms with Crippen LogP contribution in [-0.4, -0.2) is 37.7 Å². The Balaban J connectivity index is 1.84. The first-order chi connectivity index (χ1) is 10.1. The van der Waals surface area contributed by atoms with Crippen LogP contribution in [0, 0.1) is 0 Å². The Hall–Kier alpha value is -2.24. The quantitative estimate of drug-likeness (QED) is 0.654. The fraction of sp³-hybridized carbons (Fsp3) is 0.467. The van der Waals surface area contributed by atoms with Gasteiger partial charge in [0.15, 0.2) is 11.5 Å². The van der Waals surface area contributed by atoms with Crippen LogP contribution < -0.4 is 14.8 Å². The lowest BCUT2D eigenvalue weighted by Gasteiger charge is -2.31. The number of methoxy groups -OCH3 is 1. The summed E-state index contributed by atoms with van der Waals surface area (Å²) in [6.45, 7) is 2.18. The lowest BCUT2D eigenvalue weighted by Crippen LogP contribution is -2.49. The van der Waals surface area contributed by atoms with Gasteiger partial charge in [-0.1, -0.05) is 12.1 Å². The average Bonchev–Trinajstić information content (AvgIpc) is 2.50. The number of fused-ring (bicyclic) bond motifs is 1. The van der Waals surface area contributed by atoms with E-state index in [1.54, 1.807) is 19.1 Å². The average molecular weight is 293 g/mol. The van der Waals surface area contributed by atoms with E-state index in [1.807, 2.05) is 12.1 Å². The predicted octanol–water partition coefficient (Wildman–Crippen LogP) is 1.28. The second kappa shape index (κ2) is 6.97. The van der Waals surface area contributed by atoms with Crippen LogP contribution in [0.15, 0.2) is 24.3 Å². The van der Waals surface area contributed by atoms with E-state index in [0.717, 1.165) is 0 Å². The fourth-order valence-corrected chi connectivity index (χ4v) is 2.05. The lowest BCUT2D eigenvalue weighted by atomic mass is 10.1. The molecule has 6 heteroatoms. The van der Waals surface area contributed by atoms with Crippen LogP contribution in [0.2, 0.25) is 0 Å². The molecule has 1 N–H and O–H groups in total. The molecule has 0 saturated carbocycles. The second-order valence-electron chi connectivity index (χ2n) is 4.78. The van der Waals surface area contributed by atoms with Gasteiger partial charge in [0, 0.05) is 13.0 Å². The molecule has 1 aliphatic heterocycles. The van der Waals surface area contributed by atoms with Gasteiger partial charge in [-0.15, -0.1) is 0 Å². The molecule has 1 aliphatic rings. The Morgan fingerprint density at radius 2 is 1.90 bits per heavy atom. The van der Waals surface area contributed by atoms with Crippen LogP contribution in [0.1, 0.15) is 19.8 Å². The van der Waals surface area contributed by atoms with E-state index in [9.17, 15) is 9.59 Å². The number of hydrogen-bond donors (Lipinski definition) is 1. The van der Waals surface area contributed by atoms with Crippen LogP contribution in [0.25, 0.3) is 0 Å². The van der Waals surface area contributed by atoms with Gasteiger partial charge in [0.05, 0.1) is 7.11 Å². The zero-order valence-electron chi connectivity index (χ0n) is 12.1. The number of rotatable bonds is 5. The lowest BCUT2D eigenvalue weighted by molar-refractivity contribution is -0.141. The summed E-state index contributed by atoms with van der Waals surface area (Å²) in [6.07, 6.45) is -0.271. The summed E-state index contributed by atoms with van der Waals surface area (Å²) in [4.78, 5) is 23.1. The summed E-state index contributed by atoms with van der Waals surface area (Å²) in [7, 11) is 1.34. The van der Waals surface area contributed by atoms with E-state index < -0.39 is 6.10 Å². The third-order valence-electron chi connectivity index (χ3n) is 3.19. The first-order valence-electron chi connectivity index (χ1n) is 6.88. The molecule has 0 spiro atoms. The van der Waals surface area contributed by atoms with Crippen LogP contribution in [0.3, 0.4) is 0 Å². The monoisotopic (exact) mass is 293 g/mol. The highest BCUT2D eigenvalue weighted by atomic mass is 16.6. The molecule has 6 nitrogen and oxygen atoms in total. The van der Waals surface area contributed by atoms with Gasteiger partial charge < -0.3 is 19.5 Å². The van der Waals surface area contributed by atoms with Crippen molar-refractivity contribution in [2.45, 2.75) is 32.0 Å². The fourth-order valence-electron chi connectivity index (χ4n) is 2.05. The highest BCUT2D eigenvalue weighted by Gasteiger charge is 2.33. The topological polar surface area (TPSA) is 73.9 Å². The maximum Gasteiger partial charge on any atom is 0.305 e. The van der Waals surface area contributed by atoms with Crippen molar-refractivity contribution in [1.82, 2.24) is 5.32 Å². The van der Waals surface area contributed by atoms with Crippen molar-refractivity contribution < 1.29 is 23.8 Å². The summed E-state index contributed by atoms with van der Waals surface area (Å²) in [5, 5.41) is 2.74. The number of carbonyl (C=O) groups is 2. The molecule has 2 unspecified atom stereocenters. The molecule has 0 saturated heterocycles. The smallest absolute Gasteiger partial charge is 0.305 e. The van der Waals surface area contributed by atoms with Gasteiger partial charge >= 0.3 is 5.97 Å². The van der Waals surface area contributed by atoms with Crippen LogP contribution in [0.4, 0.5) is 0 Å². The maximum atomic E-state index is 12.1. The number of ether oxygens (including phenoxy) is 3. The largest absolute Gasteiger partial charge is 0.482 e. The normalized spacial score (nSPS) is 19.7. The zero-order chi connectivity index (χ0) is 15.2. The molecule has 114 valence electrons. The third kappa shape index (κ3) is 3.87. The highest BCUT2D eigenvalue weighted by Crippen LogP contribution is 2.33. The minimum absolute atomic E-state index is 0.248. The summed E-state index contributed by atoms with van der Waals surface area (Å²) in [5.74, 6) is 0.663. The van der Waals surface area contributed by atoms with Gasteiger partial charge in [-0.25, -0.2) is 0 Å². The molecule has 1 amide bonds. The number of benzene rings is 1. The molecule has 0 radical (unpaired) electrons. The Morgan fingerprint density at radius 3 is 2.57 bits per heavy atom. The van der Waals surface area contributed by atoms with Crippen molar-refractivity contribution in [2.24, 2.45) is 0 Å². The van der Waals surface area contributed by atoms with E-state index in [-0.39, 0.29) is 24.4 Å². The van der Waals surface area contributed by atoms with Gasteiger partial charge in [-0.05, 0) is 25.5 Å². The van der Waals surface area contributed by atoms with E-state index >= 15 is 0 Å². The van der Waals surface area contributed by atoms with Crippen LogP contribution in [-0.2, 0) is 14.3 Å². The van der Waals surface area contributed by atoms with Crippen LogP contribution >= 0.6 is 0 Å². The molecule has 0 aliphatic carbocycles. The Labute approximate surface area is 123 Å². The van der Waals surface area contributed by atoms with Crippen molar-refractivity contribution in [2.75, 3.05) is 13.7 Å². The third-order valence-corrected chi connectivity index (χ3v) is 3.19. The van der Waals surface area contributed by atoms with Crippen molar-refractivity contribution in [1.29, 1.82) is 0 Å². The molecule has 0 aromatic heterocycles. The van der Waals surface area contributed by atoms with Gasteiger partial charge in [0.2, 0.25) is 6.10 Å². The predicted molar refractivity (Wildman–Crippen MR) is 75.2 cm³/mol. The number of nitrogens with one attached hydrogen (secondary N) is 1. The second-order valence-corrected chi connectivity index (χ2v) is 4.78. The molecule has 0 bridgehead atoms. The van der Waals surface area contributed by atoms with Crippen molar-refractivity contribution in [3.05, 3.63) is 24.3 Å². The molecule has 0 fully saturated rings. The summed E-state index contributed by atoms with van der Waals surface area (Å²) >= 11 is 0. The number of esters is 1. The maximum absolute atomic E-state index is 12.1. The molecular weight excluding hydrogens is 274 g/mol. The van der Waals surface area contributed by atoms with E-state index in [1.165, 1.54) is 7.11 Å².